The number of fused-ring (bicyclic) bond motifs is 4. The molecule has 2 bridgehead atoms. The van der Waals surface area contributed by atoms with Gasteiger partial charge < -0.3 is 19.5 Å². The van der Waals surface area contributed by atoms with Crippen LogP contribution in [0, 0.1) is 5.92 Å². The summed E-state index contributed by atoms with van der Waals surface area (Å²) in [6.45, 7) is 3.96. The number of carbonyl (C=O) groups is 1. The number of ether oxygens (including phenoxy) is 3. The number of anilines is 1. The fourth-order valence-corrected chi connectivity index (χ4v) is 4.51. The van der Waals surface area contributed by atoms with Crippen LogP contribution < -0.4 is 19.7 Å². The van der Waals surface area contributed by atoms with Crippen molar-refractivity contribution in [1.29, 1.82) is 0 Å². The summed E-state index contributed by atoms with van der Waals surface area (Å²) in [6, 6.07) is 14.9. The lowest BCUT2D eigenvalue weighted by molar-refractivity contribution is -0.159. The molecule has 0 amide bonds. The van der Waals surface area contributed by atoms with Gasteiger partial charge in [0.1, 0.15) is 17.4 Å². The Morgan fingerprint density at radius 3 is 2.71 bits per heavy atom. The molecule has 1 saturated heterocycles. The second-order valence-corrected chi connectivity index (χ2v) is 7.25. The number of thiocarbonyl (C=S) groups is 1. The van der Waals surface area contributed by atoms with Crippen LogP contribution in [0.5, 0.6) is 11.5 Å². The Kier molecular flexibility index (Phi) is 4.63. The van der Waals surface area contributed by atoms with Crippen molar-refractivity contribution in [1.82, 2.24) is 5.32 Å². The highest BCUT2D eigenvalue weighted by Crippen LogP contribution is 2.50. The van der Waals surface area contributed by atoms with Crippen molar-refractivity contribution >= 4 is 29.0 Å². The minimum atomic E-state index is -1.08. The average Bonchev–Trinajstić information content (AvgIpc) is 2.67. The third-order valence-corrected chi connectivity index (χ3v) is 5.57. The monoisotopic (exact) mass is 398 g/mol. The van der Waals surface area contributed by atoms with Gasteiger partial charge >= 0.3 is 5.97 Å². The molecular weight excluding hydrogens is 376 g/mol. The second-order valence-electron chi connectivity index (χ2n) is 6.86. The lowest BCUT2D eigenvalue weighted by atomic mass is 9.79. The number of esters is 1. The largest absolute Gasteiger partial charge is 0.495 e. The van der Waals surface area contributed by atoms with Crippen molar-refractivity contribution in [2.24, 2.45) is 5.92 Å². The summed E-state index contributed by atoms with van der Waals surface area (Å²) in [4.78, 5) is 14.8. The molecule has 146 valence electrons. The Morgan fingerprint density at radius 1 is 1.25 bits per heavy atom. The molecule has 2 aliphatic rings. The predicted octanol–water partition coefficient (Wildman–Crippen LogP) is 3.42. The quantitative estimate of drug-likeness (QED) is 0.625. The number of carbonyl (C=O) groups excluding carboxylic acids is 1. The van der Waals surface area contributed by atoms with Crippen molar-refractivity contribution in [2.75, 3.05) is 18.6 Å². The molecule has 28 heavy (non-hydrogen) atoms. The highest BCUT2D eigenvalue weighted by atomic mass is 32.1. The summed E-state index contributed by atoms with van der Waals surface area (Å²) in [5, 5.41) is 3.80. The van der Waals surface area contributed by atoms with Gasteiger partial charge in [0.2, 0.25) is 5.72 Å². The zero-order chi connectivity index (χ0) is 19.9. The van der Waals surface area contributed by atoms with Gasteiger partial charge in [-0.2, -0.15) is 0 Å². The third kappa shape index (κ3) is 2.69. The van der Waals surface area contributed by atoms with Gasteiger partial charge in [-0.15, -0.1) is 0 Å². The van der Waals surface area contributed by atoms with E-state index in [9.17, 15) is 4.79 Å². The molecule has 0 saturated carbocycles. The van der Waals surface area contributed by atoms with Gasteiger partial charge in [0, 0.05) is 5.56 Å². The van der Waals surface area contributed by atoms with E-state index in [4.69, 9.17) is 26.4 Å². The molecule has 2 aromatic carbocycles. The number of methoxy groups -OCH3 is 1. The molecule has 2 aromatic rings. The number of nitrogens with zero attached hydrogens (tertiary/aromatic N) is 1. The minimum absolute atomic E-state index is 0.291. The van der Waals surface area contributed by atoms with E-state index in [0.29, 0.717) is 23.2 Å². The van der Waals surface area contributed by atoms with Crippen LogP contribution in [0.25, 0.3) is 0 Å². The molecule has 0 aromatic heterocycles. The standard InChI is InChI=1S/C21H22N2O4S/c1-4-26-19(24)17-18-13-9-5-7-11-15(13)27-21(17,2)23(20(28)22-18)14-10-6-8-12-16(14)25-3/h5-12,17-18H,4H2,1-3H3,(H,22,28). The van der Waals surface area contributed by atoms with E-state index in [2.05, 4.69) is 5.32 Å². The molecule has 0 radical (unpaired) electrons. The molecule has 0 spiro atoms. The first-order valence-corrected chi connectivity index (χ1v) is 9.60. The summed E-state index contributed by atoms with van der Waals surface area (Å²) in [6.07, 6.45) is 0. The second kappa shape index (κ2) is 6.98. The molecule has 3 atom stereocenters. The van der Waals surface area contributed by atoms with E-state index in [-0.39, 0.29) is 12.0 Å². The lowest BCUT2D eigenvalue weighted by Crippen LogP contribution is -2.71. The molecular formula is C21H22N2O4S. The highest BCUT2D eigenvalue weighted by Gasteiger charge is 2.60. The Labute approximate surface area is 169 Å². The number of rotatable bonds is 4. The summed E-state index contributed by atoms with van der Waals surface area (Å²) in [7, 11) is 1.60. The molecule has 4 rings (SSSR count). The first-order chi connectivity index (χ1) is 13.5. The fraction of sp³-hybridized carbons (Fsp3) is 0.333. The number of hydrogen-bond donors (Lipinski definition) is 1. The van der Waals surface area contributed by atoms with Gasteiger partial charge in [-0.3, -0.25) is 9.69 Å². The first kappa shape index (κ1) is 18.6. The topological polar surface area (TPSA) is 60.0 Å². The highest BCUT2D eigenvalue weighted by molar-refractivity contribution is 7.80. The smallest absolute Gasteiger partial charge is 0.317 e. The Hall–Kier alpha value is -2.80. The SMILES string of the molecule is CCOC(=O)C1C2NC(=S)N(c3ccccc3OC)C1(C)Oc1ccccc12. The van der Waals surface area contributed by atoms with E-state index in [1.54, 1.807) is 14.0 Å². The number of benzene rings is 2. The van der Waals surface area contributed by atoms with E-state index in [1.807, 2.05) is 60.4 Å². The van der Waals surface area contributed by atoms with Crippen LogP contribution in [0.3, 0.4) is 0 Å². The van der Waals surface area contributed by atoms with E-state index in [0.717, 1.165) is 11.3 Å². The molecule has 1 fully saturated rings. The maximum absolute atomic E-state index is 13.0. The van der Waals surface area contributed by atoms with Gasteiger partial charge in [0.25, 0.3) is 0 Å². The van der Waals surface area contributed by atoms with E-state index >= 15 is 0 Å². The number of nitrogens with one attached hydrogen (secondary N) is 1. The molecule has 1 N–H and O–H groups in total. The van der Waals surface area contributed by atoms with Crippen LogP contribution in [0.4, 0.5) is 5.69 Å². The third-order valence-electron chi connectivity index (χ3n) is 5.27. The molecule has 2 heterocycles. The first-order valence-electron chi connectivity index (χ1n) is 9.19. The molecule has 2 aliphatic heterocycles. The molecule has 3 unspecified atom stereocenters. The normalized spacial score (nSPS) is 25.2. The van der Waals surface area contributed by atoms with Crippen LogP contribution in [0.1, 0.15) is 25.5 Å². The maximum atomic E-state index is 13.0. The molecule has 6 nitrogen and oxygen atoms in total. The van der Waals surface area contributed by atoms with Crippen molar-refractivity contribution in [3.63, 3.8) is 0 Å². The van der Waals surface area contributed by atoms with Gasteiger partial charge in [-0.05, 0) is 44.3 Å². The lowest BCUT2D eigenvalue weighted by Gasteiger charge is -2.55. The van der Waals surface area contributed by atoms with Gasteiger partial charge in [0.05, 0.1) is 25.4 Å². The molecule has 0 aliphatic carbocycles. The van der Waals surface area contributed by atoms with Gasteiger partial charge in [0.15, 0.2) is 5.11 Å². The van der Waals surface area contributed by atoms with Gasteiger partial charge in [-0.1, -0.05) is 30.3 Å². The zero-order valence-electron chi connectivity index (χ0n) is 16.0. The Bertz CT molecular complexity index is 934. The van der Waals surface area contributed by atoms with Crippen molar-refractivity contribution in [3.05, 3.63) is 54.1 Å². The summed E-state index contributed by atoms with van der Waals surface area (Å²) in [5.41, 5.74) is 0.527. The molecule has 7 heteroatoms. The fourth-order valence-electron chi connectivity index (χ4n) is 4.10. The van der Waals surface area contributed by atoms with Crippen LogP contribution in [0.15, 0.2) is 48.5 Å². The van der Waals surface area contributed by atoms with Crippen molar-refractivity contribution in [3.8, 4) is 11.5 Å². The summed E-state index contributed by atoms with van der Waals surface area (Å²) >= 11 is 5.70. The number of hydrogen-bond acceptors (Lipinski definition) is 5. The number of para-hydroxylation sites is 3. The Morgan fingerprint density at radius 2 is 1.96 bits per heavy atom. The summed E-state index contributed by atoms with van der Waals surface area (Å²) < 4.78 is 17.4. The zero-order valence-corrected chi connectivity index (χ0v) is 16.8. The average molecular weight is 398 g/mol. The predicted molar refractivity (Wildman–Crippen MR) is 110 cm³/mol. The minimum Gasteiger partial charge on any atom is -0.495 e. The van der Waals surface area contributed by atoms with Crippen molar-refractivity contribution in [2.45, 2.75) is 25.6 Å². The van der Waals surface area contributed by atoms with Crippen molar-refractivity contribution < 1.29 is 19.0 Å². The van der Waals surface area contributed by atoms with Crippen LogP contribution in [0.2, 0.25) is 0 Å². The van der Waals surface area contributed by atoms with Crippen LogP contribution >= 0.6 is 12.2 Å². The van der Waals surface area contributed by atoms with E-state index < -0.39 is 11.6 Å². The Balaban J connectivity index is 1.91. The van der Waals surface area contributed by atoms with Crippen LogP contribution in [-0.2, 0) is 9.53 Å². The van der Waals surface area contributed by atoms with Gasteiger partial charge in [-0.25, -0.2) is 0 Å². The summed E-state index contributed by atoms with van der Waals surface area (Å²) in [5.74, 6) is 0.389. The maximum Gasteiger partial charge on any atom is 0.317 e. The van der Waals surface area contributed by atoms with E-state index in [1.165, 1.54) is 0 Å². The van der Waals surface area contributed by atoms with Crippen LogP contribution in [-0.4, -0.2) is 30.5 Å².